The number of halogens is 1. The molecule has 7 nitrogen and oxygen atoms in total. The zero-order chi connectivity index (χ0) is 18.1. The molecule has 1 amide bonds. The highest BCUT2D eigenvalue weighted by atomic mass is 19.1. The van der Waals surface area contributed by atoms with E-state index < -0.39 is 6.04 Å². The number of nitrogens with zero attached hydrogens (tertiary/aromatic N) is 4. The number of rotatable bonds is 3. The van der Waals surface area contributed by atoms with Crippen LogP contribution < -0.4 is 10.6 Å². The van der Waals surface area contributed by atoms with Gasteiger partial charge in [-0.15, -0.1) is 0 Å². The van der Waals surface area contributed by atoms with Gasteiger partial charge in [-0.2, -0.15) is 10.1 Å². The number of fused-ring (bicyclic) bond motifs is 1. The van der Waals surface area contributed by atoms with Crippen molar-refractivity contribution in [3.63, 3.8) is 0 Å². The Morgan fingerprint density at radius 1 is 1.19 bits per heavy atom. The first kappa shape index (κ1) is 15.9. The van der Waals surface area contributed by atoms with E-state index in [0.29, 0.717) is 23.0 Å². The van der Waals surface area contributed by atoms with Gasteiger partial charge < -0.3 is 10.6 Å². The molecule has 4 rings (SSSR count). The normalized spacial score (nSPS) is 16.0. The Morgan fingerprint density at radius 3 is 2.73 bits per heavy atom. The summed E-state index contributed by atoms with van der Waals surface area (Å²) >= 11 is 0. The molecule has 0 bridgehead atoms. The maximum atomic E-state index is 13.4. The Hall–Kier alpha value is -3.55. The Kier molecular flexibility index (Phi) is 3.92. The average molecular weight is 350 g/mol. The monoisotopic (exact) mass is 350 g/mol. The lowest BCUT2D eigenvalue weighted by Gasteiger charge is -2.28. The van der Waals surface area contributed by atoms with Crippen LogP contribution in [-0.4, -0.2) is 25.7 Å². The summed E-state index contributed by atoms with van der Waals surface area (Å²) in [7, 11) is 0. The van der Waals surface area contributed by atoms with Gasteiger partial charge in [0.2, 0.25) is 5.95 Å². The van der Waals surface area contributed by atoms with Gasteiger partial charge in [0.15, 0.2) is 0 Å². The van der Waals surface area contributed by atoms with Gasteiger partial charge in [-0.25, -0.2) is 14.1 Å². The fourth-order valence-electron chi connectivity index (χ4n) is 2.96. The molecule has 1 aliphatic heterocycles. The van der Waals surface area contributed by atoms with Crippen molar-refractivity contribution in [2.75, 3.05) is 10.6 Å². The third-order valence-corrected chi connectivity index (χ3v) is 4.13. The van der Waals surface area contributed by atoms with Gasteiger partial charge in [0.25, 0.3) is 5.91 Å². The number of hydrogen-bond acceptors (Lipinski definition) is 5. The first-order valence-electron chi connectivity index (χ1n) is 7.98. The second-order valence-corrected chi connectivity index (χ2v) is 5.82. The lowest BCUT2D eigenvalue weighted by Crippen LogP contribution is -2.31. The van der Waals surface area contributed by atoms with Crippen LogP contribution in [0, 0.1) is 5.82 Å². The quantitative estimate of drug-likeness (QED) is 0.759. The van der Waals surface area contributed by atoms with E-state index in [4.69, 9.17) is 0 Å². The fourth-order valence-corrected chi connectivity index (χ4v) is 2.96. The lowest BCUT2D eigenvalue weighted by molar-refractivity contribution is -0.113. The predicted octanol–water partition coefficient (Wildman–Crippen LogP) is 2.74. The van der Waals surface area contributed by atoms with Gasteiger partial charge in [-0.3, -0.25) is 4.79 Å². The van der Waals surface area contributed by atoms with Crippen molar-refractivity contribution in [2.45, 2.75) is 13.0 Å². The molecule has 0 spiro atoms. The molecule has 0 aliphatic carbocycles. The number of anilines is 2. The third kappa shape index (κ3) is 2.81. The molecular formula is C18H15FN6O. The highest BCUT2D eigenvalue weighted by Crippen LogP contribution is 2.35. The summed E-state index contributed by atoms with van der Waals surface area (Å²) in [4.78, 5) is 21.3. The van der Waals surface area contributed by atoms with E-state index in [1.165, 1.54) is 18.5 Å². The maximum Gasteiger partial charge on any atom is 0.257 e. The van der Waals surface area contributed by atoms with Crippen LogP contribution >= 0.6 is 0 Å². The van der Waals surface area contributed by atoms with Crippen LogP contribution in [0.2, 0.25) is 0 Å². The Labute approximate surface area is 148 Å². The minimum atomic E-state index is -0.530. The van der Waals surface area contributed by atoms with E-state index in [1.54, 1.807) is 48.1 Å². The number of nitrogens with one attached hydrogen (secondary N) is 2. The number of aromatic nitrogens is 4. The van der Waals surface area contributed by atoms with Crippen molar-refractivity contribution >= 4 is 17.7 Å². The topological polar surface area (TPSA) is 84.7 Å². The molecule has 1 aliphatic rings. The summed E-state index contributed by atoms with van der Waals surface area (Å²) in [5, 5.41) is 10.1. The molecule has 3 heterocycles. The number of hydrogen-bond donors (Lipinski definition) is 2. The fraction of sp³-hybridized carbons (Fsp3) is 0.111. The number of benzene rings is 1. The Morgan fingerprint density at radius 2 is 2.00 bits per heavy atom. The maximum absolute atomic E-state index is 13.4. The molecule has 1 atom stereocenters. The number of carbonyl (C=O) groups excluding carboxylic acids is 1. The second-order valence-electron chi connectivity index (χ2n) is 5.82. The first-order chi connectivity index (χ1) is 12.6. The molecule has 0 saturated carbocycles. The van der Waals surface area contributed by atoms with Crippen molar-refractivity contribution in [2.24, 2.45) is 0 Å². The number of carbonyl (C=O) groups is 1. The van der Waals surface area contributed by atoms with Crippen molar-refractivity contribution in [3.05, 3.63) is 77.6 Å². The summed E-state index contributed by atoms with van der Waals surface area (Å²) < 4.78 is 15.0. The third-order valence-electron chi connectivity index (χ3n) is 4.13. The molecular weight excluding hydrogens is 335 g/mol. The van der Waals surface area contributed by atoms with Crippen LogP contribution in [-0.2, 0) is 4.79 Å². The van der Waals surface area contributed by atoms with E-state index in [0.717, 1.165) is 5.56 Å². The molecule has 26 heavy (non-hydrogen) atoms. The van der Waals surface area contributed by atoms with Crippen LogP contribution in [0.15, 0.2) is 66.3 Å². The van der Waals surface area contributed by atoms with E-state index in [2.05, 4.69) is 25.7 Å². The van der Waals surface area contributed by atoms with Gasteiger partial charge in [0.05, 0.1) is 5.57 Å². The van der Waals surface area contributed by atoms with Gasteiger partial charge in [0.1, 0.15) is 24.0 Å². The summed E-state index contributed by atoms with van der Waals surface area (Å²) in [5.74, 6) is 0.303. The molecule has 0 unspecified atom stereocenters. The van der Waals surface area contributed by atoms with Crippen molar-refractivity contribution in [3.8, 4) is 0 Å². The molecule has 2 N–H and O–H groups in total. The Balaban J connectivity index is 1.77. The van der Waals surface area contributed by atoms with Crippen LogP contribution in [0.3, 0.4) is 0 Å². The van der Waals surface area contributed by atoms with Gasteiger partial charge in [0, 0.05) is 11.9 Å². The predicted molar refractivity (Wildman–Crippen MR) is 93.8 cm³/mol. The lowest BCUT2D eigenvalue weighted by atomic mass is 9.95. The highest BCUT2D eigenvalue weighted by molar-refractivity contribution is 6.05. The molecule has 2 aromatic heterocycles. The summed E-state index contributed by atoms with van der Waals surface area (Å²) in [6.45, 7) is 1.79. The zero-order valence-corrected chi connectivity index (χ0v) is 13.8. The summed E-state index contributed by atoms with van der Waals surface area (Å²) in [6.07, 6.45) is 3.01. The SMILES string of the molecule is CC1=C(C(=O)Nc2ccccn2)[C@@H](c2ccc(F)cc2)n2ncnc2N1. The van der Waals surface area contributed by atoms with Crippen LogP contribution in [0.25, 0.3) is 0 Å². The molecule has 0 radical (unpaired) electrons. The molecule has 0 saturated heterocycles. The van der Waals surface area contributed by atoms with E-state index >= 15 is 0 Å². The molecule has 8 heteroatoms. The minimum absolute atomic E-state index is 0.316. The van der Waals surface area contributed by atoms with Crippen molar-refractivity contribution < 1.29 is 9.18 Å². The number of amides is 1. The molecule has 0 fully saturated rings. The second kappa shape index (κ2) is 6.40. The van der Waals surface area contributed by atoms with E-state index in [-0.39, 0.29) is 11.7 Å². The first-order valence-corrected chi connectivity index (χ1v) is 7.98. The Bertz CT molecular complexity index is 980. The molecule has 130 valence electrons. The number of allylic oxidation sites excluding steroid dienone is 1. The van der Waals surface area contributed by atoms with Crippen molar-refractivity contribution in [1.82, 2.24) is 19.7 Å². The standard InChI is InChI=1S/C18H15FN6O/c1-11-15(17(26)24-14-4-2-3-9-20-14)16(12-5-7-13(19)8-6-12)25-18(23-11)21-10-22-25/h2-10,16H,1H3,(H,20,24,26)(H,21,22,23)/t16-/m1/s1. The smallest absolute Gasteiger partial charge is 0.257 e. The number of pyridine rings is 1. The average Bonchev–Trinajstić information content (AvgIpc) is 3.10. The van der Waals surface area contributed by atoms with Crippen LogP contribution in [0.5, 0.6) is 0 Å². The molecule has 3 aromatic rings. The van der Waals surface area contributed by atoms with Gasteiger partial charge in [-0.1, -0.05) is 18.2 Å². The van der Waals surface area contributed by atoms with Gasteiger partial charge in [-0.05, 0) is 36.8 Å². The van der Waals surface area contributed by atoms with Gasteiger partial charge >= 0.3 is 0 Å². The summed E-state index contributed by atoms with van der Waals surface area (Å²) in [5.41, 5.74) is 1.83. The van der Waals surface area contributed by atoms with Crippen LogP contribution in [0.4, 0.5) is 16.2 Å². The van der Waals surface area contributed by atoms with E-state index in [1.807, 2.05) is 0 Å². The van der Waals surface area contributed by atoms with Crippen molar-refractivity contribution in [1.29, 1.82) is 0 Å². The zero-order valence-electron chi connectivity index (χ0n) is 13.8. The minimum Gasteiger partial charge on any atom is -0.328 e. The summed E-state index contributed by atoms with van der Waals surface area (Å²) in [6, 6.07) is 10.7. The highest BCUT2D eigenvalue weighted by Gasteiger charge is 2.33. The van der Waals surface area contributed by atoms with E-state index in [9.17, 15) is 9.18 Å². The van der Waals surface area contributed by atoms with Crippen LogP contribution in [0.1, 0.15) is 18.5 Å². The molecule has 1 aromatic carbocycles. The largest absolute Gasteiger partial charge is 0.328 e.